The Bertz CT molecular complexity index is 544. The lowest BCUT2D eigenvalue weighted by atomic mass is 10.1. The third kappa shape index (κ3) is 2.14. The first-order valence-electron chi connectivity index (χ1n) is 6.52. The van der Waals surface area contributed by atoms with Crippen LogP contribution in [0.15, 0.2) is 24.3 Å². The van der Waals surface area contributed by atoms with Crippen molar-refractivity contribution in [1.82, 2.24) is 4.90 Å². The minimum atomic E-state index is -0.143. The Kier molecular flexibility index (Phi) is 3.33. The molecule has 2 saturated heterocycles. The lowest BCUT2D eigenvalue weighted by Crippen LogP contribution is -2.41. The number of nitrogens with zero attached hydrogens (tertiary/aromatic N) is 2. The summed E-state index contributed by atoms with van der Waals surface area (Å²) in [4.78, 5) is 16.0. The topological polar surface area (TPSA) is 56.6 Å². The van der Waals surface area contributed by atoms with Crippen LogP contribution in [-0.4, -0.2) is 54.6 Å². The van der Waals surface area contributed by atoms with Gasteiger partial charge in [0.25, 0.3) is 11.9 Å². The third-order valence-electron chi connectivity index (χ3n) is 3.66. The number of hydrogen-bond acceptors (Lipinski definition) is 5. The van der Waals surface area contributed by atoms with Crippen LogP contribution in [0.3, 0.4) is 0 Å². The van der Waals surface area contributed by atoms with Gasteiger partial charge in [0.2, 0.25) is 0 Å². The lowest BCUT2D eigenvalue weighted by Gasteiger charge is -2.20. The highest BCUT2D eigenvalue weighted by atomic mass is 32.2. The summed E-state index contributed by atoms with van der Waals surface area (Å²) in [5.74, 6) is 1.56. The molecule has 2 atom stereocenters. The van der Waals surface area contributed by atoms with Crippen molar-refractivity contribution < 1.29 is 9.53 Å². The number of rotatable bonds is 2. The van der Waals surface area contributed by atoms with E-state index in [2.05, 4.69) is 0 Å². The number of benzene rings is 1. The SMILES string of the molecule is CN(C)c1ccc(C(=O)N2C(=N)O[C@@H]3CSC[C@@H]32)cc1. The van der Waals surface area contributed by atoms with Crippen LogP contribution in [0, 0.1) is 5.41 Å². The third-order valence-corrected chi connectivity index (χ3v) is 4.80. The molecule has 6 heteroatoms. The second-order valence-electron chi connectivity index (χ2n) is 5.18. The molecule has 5 nitrogen and oxygen atoms in total. The molecule has 2 aliphatic heterocycles. The van der Waals surface area contributed by atoms with Crippen molar-refractivity contribution in [1.29, 1.82) is 5.41 Å². The molecule has 1 N–H and O–H groups in total. The van der Waals surface area contributed by atoms with E-state index < -0.39 is 0 Å². The van der Waals surface area contributed by atoms with Crippen LogP contribution in [0.4, 0.5) is 5.69 Å². The van der Waals surface area contributed by atoms with E-state index in [0.717, 1.165) is 17.2 Å². The highest BCUT2D eigenvalue weighted by molar-refractivity contribution is 7.99. The number of fused-ring (bicyclic) bond motifs is 1. The normalized spacial score (nSPS) is 24.5. The van der Waals surface area contributed by atoms with Gasteiger partial charge < -0.3 is 9.64 Å². The predicted molar refractivity (Wildman–Crippen MR) is 80.7 cm³/mol. The van der Waals surface area contributed by atoms with Gasteiger partial charge in [-0.25, -0.2) is 0 Å². The molecule has 0 aliphatic carbocycles. The van der Waals surface area contributed by atoms with E-state index in [1.54, 1.807) is 23.9 Å². The fraction of sp³-hybridized carbons (Fsp3) is 0.429. The monoisotopic (exact) mass is 291 g/mol. The molecule has 0 aromatic heterocycles. The molecule has 0 bridgehead atoms. The zero-order valence-corrected chi connectivity index (χ0v) is 12.3. The average molecular weight is 291 g/mol. The van der Waals surface area contributed by atoms with Crippen LogP contribution in [0.2, 0.25) is 0 Å². The van der Waals surface area contributed by atoms with Crippen molar-refractivity contribution in [2.24, 2.45) is 0 Å². The summed E-state index contributed by atoms with van der Waals surface area (Å²) >= 11 is 1.77. The Hall–Kier alpha value is -1.69. The largest absolute Gasteiger partial charge is 0.459 e. The molecule has 2 fully saturated rings. The molecule has 2 heterocycles. The van der Waals surface area contributed by atoms with Crippen LogP contribution in [-0.2, 0) is 4.74 Å². The van der Waals surface area contributed by atoms with Gasteiger partial charge in [-0.05, 0) is 24.3 Å². The smallest absolute Gasteiger partial charge is 0.292 e. The standard InChI is InChI=1S/C14H17N3O2S/c1-16(2)10-5-3-9(4-6-10)13(18)17-11-7-20-8-12(11)19-14(17)15/h3-6,11-12,15H,7-8H2,1-2H3/t11-,12+/m0/s1. The highest BCUT2D eigenvalue weighted by Crippen LogP contribution is 2.32. The Labute approximate surface area is 122 Å². The molecule has 0 unspecified atom stereocenters. The lowest BCUT2D eigenvalue weighted by molar-refractivity contribution is 0.0823. The second-order valence-corrected chi connectivity index (χ2v) is 6.26. The molecule has 3 rings (SSSR count). The highest BCUT2D eigenvalue weighted by Gasteiger charge is 2.46. The van der Waals surface area contributed by atoms with E-state index >= 15 is 0 Å². The Morgan fingerprint density at radius 1 is 1.35 bits per heavy atom. The number of amidine groups is 1. The molecule has 1 aromatic carbocycles. The fourth-order valence-corrected chi connectivity index (χ4v) is 3.78. The van der Waals surface area contributed by atoms with Crippen molar-refractivity contribution in [3.05, 3.63) is 29.8 Å². The summed E-state index contributed by atoms with van der Waals surface area (Å²) < 4.78 is 5.46. The first kappa shape index (κ1) is 13.3. The van der Waals surface area contributed by atoms with E-state index in [1.165, 1.54) is 4.90 Å². The van der Waals surface area contributed by atoms with Crippen molar-refractivity contribution in [3.8, 4) is 0 Å². The molecule has 0 spiro atoms. The molecule has 2 aliphatic rings. The predicted octanol–water partition coefficient (Wildman–Crippen LogP) is 1.64. The van der Waals surface area contributed by atoms with E-state index in [-0.39, 0.29) is 24.1 Å². The molecule has 1 amide bonds. The van der Waals surface area contributed by atoms with Crippen molar-refractivity contribution >= 4 is 29.4 Å². The summed E-state index contributed by atoms with van der Waals surface area (Å²) in [7, 11) is 3.92. The maximum Gasteiger partial charge on any atom is 0.292 e. The molecule has 0 radical (unpaired) electrons. The van der Waals surface area contributed by atoms with Crippen LogP contribution >= 0.6 is 11.8 Å². The van der Waals surface area contributed by atoms with E-state index in [4.69, 9.17) is 10.1 Å². The maximum atomic E-state index is 12.6. The molecule has 20 heavy (non-hydrogen) atoms. The number of anilines is 1. The number of amides is 1. The Balaban J connectivity index is 1.83. The number of thioether (sulfide) groups is 1. The van der Waals surface area contributed by atoms with Gasteiger partial charge >= 0.3 is 0 Å². The first-order chi connectivity index (χ1) is 9.58. The Morgan fingerprint density at radius 3 is 2.70 bits per heavy atom. The molecule has 106 valence electrons. The van der Waals surface area contributed by atoms with E-state index in [0.29, 0.717) is 5.56 Å². The first-order valence-corrected chi connectivity index (χ1v) is 7.67. The van der Waals surface area contributed by atoms with Crippen molar-refractivity contribution in [3.63, 3.8) is 0 Å². The van der Waals surface area contributed by atoms with Gasteiger partial charge in [0, 0.05) is 36.9 Å². The number of ether oxygens (including phenoxy) is 1. The number of carbonyl (C=O) groups excluding carboxylic acids is 1. The summed E-state index contributed by atoms with van der Waals surface area (Å²) in [5, 5.41) is 7.86. The summed E-state index contributed by atoms with van der Waals surface area (Å²) in [6.07, 6.45) is -0.0162. The molecular formula is C14H17N3O2S. The van der Waals surface area contributed by atoms with Gasteiger partial charge in [0.05, 0.1) is 6.04 Å². The van der Waals surface area contributed by atoms with Crippen molar-refractivity contribution in [2.75, 3.05) is 30.5 Å². The molecule has 1 aromatic rings. The van der Waals surface area contributed by atoms with Gasteiger partial charge in [-0.15, -0.1) is 0 Å². The molecule has 0 saturated carbocycles. The van der Waals surface area contributed by atoms with Gasteiger partial charge in [-0.2, -0.15) is 11.8 Å². The molecular weight excluding hydrogens is 274 g/mol. The fourth-order valence-electron chi connectivity index (χ4n) is 2.51. The van der Waals surface area contributed by atoms with E-state index in [9.17, 15) is 4.79 Å². The summed E-state index contributed by atoms with van der Waals surface area (Å²) in [5.41, 5.74) is 1.64. The zero-order chi connectivity index (χ0) is 14.3. The summed E-state index contributed by atoms with van der Waals surface area (Å²) in [6.45, 7) is 0. The van der Waals surface area contributed by atoms with Gasteiger partial charge in [-0.3, -0.25) is 15.1 Å². The minimum absolute atomic E-state index is 0.00789. The van der Waals surface area contributed by atoms with E-state index in [1.807, 2.05) is 31.1 Å². The Morgan fingerprint density at radius 2 is 2.05 bits per heavy atom. The summed E-state index contributed by atoms with van der Waals surface area (Å²) in [6, 6.07) is 7.43. The van der Waals surface area contributed by atoms with Gasteiger partial charge in [0.15, 0.2) is 0 Å². The quantitative estimate of drug-likeness (QED) is 0.900. The average Bonchev–Trinajstić information content (AvgIpc) is 2.98. The van der Waals surface area contributed by atoms with Crippen LogP contribution in [0.5, 0.6) is 0 Å². The van der Waals surface area contributed by atoms with Crippen molar-refractivity contribution in [2.45, 2.75) is 12.1 Å². The number of hydrogen-bond donors (Lipinski definition) is 1. The van der Waals surface area contributed by atoms with Gasteiger partial charge in [0.1, 0.15) is 6.10 Å². The number of carbonyl (C=O) groups is 1. The maximum absolute atomic E-state index is 12.6. The van der Waals surface area contributed by atoms with Crippen LogP contribution in [0.1, 0.15) is 10.4 Å². The van der Waals surface area contributed by atoms with Crippen LogP contribution < -0.4 is 4.90 Å². The van der Waals surface area contributed by atoms with Gasteiger partial charge in [-0.1, -0.05) is 0 Å². The van der Waals surface area contributed by atoms with Crippen LogP contribution in [0.25, 0.3) is 0 Å². The zero-order valence-electron chi connectivity index (χ0n) is 11.5. The second kappa shape index (κ2) is 5.01. The minimum Gasteiger partial charge on any atom is -0.459 e. The number of nitrogens with one attached hydrogen (secondary N) is 1.